The molecule has 0 saturated carbocycles. The first-order valence-electron chi connectivity index (χ1n) is 12.1. The molecule has 2 bridgehead atoms. The maximum absolute atomic E-state index is 14.3. The second-order valence-electron chi connectivity index (χ2n) is 10.3. The lowest BCUT2D eigenvalue weighted by Gasteiger charge is -2.43. The number of carbonyl (C=O) groups excluding carboxylic acids is 2. The molecule has 4 saturated heterocycles. The van der Waals surface area contributed by atoms with Crippen molar-refractivity contribution in [3.05, 3.63) is 65.2 Å². The van der Waals surface area contributed by atoms with Gasteiger partial charge in [0.1, 0.15) is 12.8 Å². The minimum absolute atomic E-state index is 0.0644. The minimum Gasteiger partial charge on any atom is -0.460 e. The molecule has 2 aromatic rings. The zero-order valence-electron chi connectivity index (χ0n) is 19.9. The lowest BCUT2D eigenvalue weighted by Crippen LogP contribution is -2.59. The molecule has 7 nitrogen and oxygen atoms in total. The third kappa shape index (κ3) is 3.07. The lowest BCUT2D eigenvalue weighted by molar-refractivity contribution is -0.173. The van der Waals surface area contributed by atoms with Gasteiger partial charge in [0.25, 0.3) is 0 Å². The minimum atomic E-state index is -4.81. The summed E-state index contributed by atoms with van der Waals surface area (Å²) in [6.07, 6.45) is -4.34. The van der Waals surface area contributed by atoms with Crippen LogP contribution in [0.15, 0.2) is 48.5 Å². The molecule has 6 rings (SSSR count). The highest BCUT2D eigenvalue weighted by Crippen LogP contribution is 2.71. The fourth-order valence-corrected chi connectivity index (χ4v) is 6.91. The predicted octanol–water partition coefficient (Wildman–Crippen LogP) is 4.34. The Labute approximate surface area is 210 Å². The molecule has 4 heterocycles. The first kappa shape index (κ1) is 23.9. The molecule has 37 heavy (non-hydrogen) atoms. The van der Waals surface area contributed by atoms with Crippen LogP contribution in [0.25, 0.3) is 0 Å². The zero-order valence-corrected chi connectivity index (χ0v) is 19.9. The molecule has 0 aromatic heterocycles. The molecule has 4 unspecified atom stereocenters. The summed E-state index contributed by atoms with van der Waals surface area (Å²) in [4.78, 5) is 29.4. The van der Waals surface area contributed by atoms with Crippen molar-refractivity contribution in [1.82, 2.24) is 0 Å². The van der Waals surface area contributed by atoms with Gasteiger partial charge >= 0.3 is 12.1 Å². The van der Waals surface area contributed by atoms with Gasteiger partial charge in [-0.05, 0) is 43.5 Å². The van der Waals surface area contributed by atoms with E-state index in [0.29, 0.717) is 19.3 Å². The highest BCUT2D eigenvalue weighted by atomic mass is 19.4. The summed E-state index contributed by atoms with van der Waals surface area (Å²) in [7, 11) is 0. The lowest BCUT2D eigenvalue weighted by atomic mass is 9.56. The SMILES string of the molecule is CC12CCC3(CCOC4C3[C@]1(C(=O)OCc1ccccc1)C(=O)N4c1ccc(C#N)c(C(F)(F)F)c1)O2. The van der Waals surface area contributed by atoms with E-state index in [0.717, 1.165) is 22.6 Å². The predicted molar refractivity (Wildman–Crippen MR) is 122 cm³/mol. The molecule has 5 atom stereocenters. The van der Waals surface area contributed by atoms with Crippen molar-refractivity contribution in [2.75, 3.05) is 11.5 Å². The average molecular weight is 512 g/mol. The van der Waals surface area contributed by atoms with Crippen LogP contribution in [0, 0.1) is 22.7 Å². The Hall–Kier alpha value is -3.42. The van der Waals surface area contributed by atoms with Crippen LogP contribution in [0.1, 0.15) is 42.9 Å². The Kier molecular flexibility index (Phi) is 5.04. The fourth-order valence-electron chi connectivity index (χ4n) is 6.91. The molecule has 0 aliphatic carbocycles. The molecule has 1 amide bonds. The number of benzene rings is 2. The number of carbonyl (C=O) groups is 2. The maximum Gasteiger partial charge on any atom is 0.417 e. The van der Waals surface area contributed by atoms with E-state index < -0.39 is 57.9 Å². The Bertz CT molecular complexity index is 1340. The number of esters is 1. The smallest absolute Gasteiger partial charge is 0.417 e. The maximum atomic E-state index is 14.3. The number of anilines is 1. The van der Waals surface area contributed by atoms with Gasteiger partial charge in [-0.15, -0.1) is 0 Å². The van der Waals surface area contributed by atoms with E-state index in [-0.39, 0.29) is 18.9 Å². The summed E-state index contributed by atoms with van der Waals surface area (Å²) in [6.45, 7) is 1.87. The Morgan fingerprint density at radius 3 is 2.65 bits per heavy atom. The standard InChI is InChI=1S/C27H23F3N2O5/c1-24-9-10-25(37-24)11-12-35-21-20(25)26(24,23(34)36-15-16-5-3-2-4-6-16)22(33)32(21)18-8-7-17(14-31)19(13-18)27(28,29)30/h2-8,13,20-21H,9-12,15H2,1H3/t20?,21?,24?,25?,26-/m1/s1. The van der Waals surface area contributed by atoms with E-state index in [1.807, 2.05) is 6.07 Å². The highest BCUT2D eigenvalue weighted by Gasteiger charge is 2.86. The van der Waals surface area contributed by atoms with Crippen LogP contribution in [-0.4, -0.2) is 35.9 Å². The Morgan fingerprint density at radius 2 is 1.95 bits per heavy atom. The van der Waals surface area contributed by atoms with Crippen molar-refractivity contribution in [3.63, 3.8) is 0 Å². The molecule has 10 heteroatoms. The number of fused-ring (bicyclic) bond motifs is 2. The summed E-state index contributed by atoms with van der Waals surface area (Å²) < 4.78 is 59.5. The number of hydrogen-bond acceptors (Lipinski definition) is 6. The fraction of sp³-hybridized carbons (Fsp3) is 0.444. The van der Waals surface area contributed by atoms with Crippen molar-refractivity contribution in [2.45, 2.75) is 56.4 Å². The number of hydrogen-bond donors (Lipinski definition) is 0. The Balaban J connectivity index is 1.46. The van der Waals surface area contributed by atoms with E-state index in [1.54, 1.807) is 37.3 Å². The number of nitrogens with zero attached hydrogens (tertiary/aromatic N) is 2. The van der Waals surface area contributed by atoms with Gasteiger partial charge in [-0.1, -0.05) is 30.3 Å². The van der Waals surface area contributed by atoms with Crippen LogP contribution in [-0.2, 0) is 36.6 Å². The number of ether oxygens (including phenoxy) is 3. The largest absolute Gasteiger partial charge is 0.460 e. The first-order valence-corrected chi connectivity index (χ1v) is 12.1. The third-order valence-corrected chi connectivity index (χ3v) is 8.47. The number of nitriles is 1. The molecule has 4 aliphatic heterocycles. The van der Waals surface area contributed by atoms with Gasteiger partial charge < -0.3 is 14.2 Å². The van der Waals surface area contributed by atoms with E-state index >= 15 is 0 Å². The topological polar surface area (TPSA) is 88.9 Å². The van der Waals surface area contributed by atoms with Crippen molar-refractivity contribution in [2.24, 2.45) is 11.3 Å². The quantitative estimate of drug-likeness (QED) is 0.448. The summed E-state index contributed by atoms with van der Waals surface area (Å²) in [6, 6.07) is 13.6. The van der Waals surface area contributed by atoms with Crippen molar-refractivity contribution in [3.8, 4) is 6.07 Å². The van der Waals surface area contributed by atoms with Crippen molar-refractivity contribution < 1.29 is 37.0 Å². The van der Waals surface area contributed by atoms with Gasteiger partial charge in [0, 0.05) is 12.1 Å². The summed E-state index contributed by atoms with van der Waals surface area (Å²) in [5.74, 6) is -2.23. The number of rotatable bonds is 4. The summed E-state index contributed by atoms with van der Waals surface area (Å²) in [5, 5.41) is 9.21. The molecule has 1 spiro atoms. The zero-order chi connectivity index (χ0) is 26.2. The van der Waals surface area contributed by atoms with Gasteiger partial charge in [-0.25, -0.2) is 0 Å². The molecule has 0 N–H and O–H groups in total. The van der Waals surface area contributed by atoms with Crippen LogP contribution in [0.2, 0.25) is 0 Å². The molecule has 192 valence electrons. The molecule has 2 aromatic carbocycles. The van der Waals surface area contributed by atoms with Gasteiger partial charge in [0.05, 0.1) is 40.9 Å². The van der Waals surface area contributed by atoms with Gasteiger partial charge in [-0.2, -0.15) is 18.4 Å². The van der Waals surface area contributed by atoms with Crippen LogP contribution in [0.4, 0.5) is 18.9 Å². The van der Waals surface area contributed by atoms with Crippen LogP contribution < -0.4 is 4.90 Å². The van der Waals surface area contributed by atoms with Crippen molar-refractivity contribution in [1.29, 1.82) is 5.26 Å². The number of halogens is 3. The van der Waals surface area contributed by atoms with E-state index in [1.165, 1.54) is 6.07 Å². The number of amides is 1. The number of alkyl halides is 3. The summed E-state index contributed by atoms with van der Waals surface area (Å²) in [5.41, 5.74) is -4.89. The Morgan fingerprint density at radius 1 is 1.19 bits per heavy atom. The van der Waals surface area contributed by atoms with E-state index in [2.05, 4.69) is 0 Å². The first-order chi connectivity index (χ1) is 17.6. The molecule has 0 radical (unpaired) electrons. The second kappa shape index (κ2) is 7.79. The van der Waals surface area contributed by atoms with E-state index in [4.69, 9.17) is 14.2 Å². The van der Waals surface area contributed by atoms with E-state index in [9.17, 15) is 28.0 Å². The molecular formula is C27H23F3N2O5. The molecule has 4 aliphatic rings. The summed E-state index contributed by atoms with van der Waals surface area (Å²) >= 11 is 0. The van der Waals surface area contributed by atoms with Crippen molar-refractivity contribution >= 4 is 17.6 Å². The normalized spacial score (nSPS) is 33.8. The van der Waals surface area contributed by atoms with Gasteiger partial charge in [0.2, 0.25) is 5.91 Å². The molecule has 4 fully saturated rings. The highest BCUT2D eigenvalue weighted by molar-refractivity contribution is 6.15. The average Bonchev–Trinajstić information content (AvgIpc) is 3.45. The van der Waals surface area contributed by atoms with Crippen LogP contribution in [0.3, 0.4) is 0 Å². The van der Waals surface area contributed by atoms with Crippen LogP contribution in [0.5, 0.6) is 0 Å². The second-order valence-corrected chi connectivity index (χ2v) is 10.3. The monoisotopic (exact) mass is 512 g/mol. The third-order valence-electron chi connectivity index (χ3n) is 8.47. The van der Waals surface area contributed by atoms with Crippen LogP contribution >= 0.6 is 0 Å². The van der Waals surface area contributed by atoms with Gasteiger partial charge in [-0.3, -0.25) is 14.5 Å². The van der Waals surface area contributed by atoms with Gasteiger partial charge in [0.15, 0.2) is 5.41 Å². The molecular weight excluding hydrogens is 489 g/mol.